The Morgan fingerprint density at radius 2 is 1.08 bits per heavy atom. The lowest BCUT2D eigenvalue weighted by Crippen LogP contribution is -1.55. The van der Waals surface area contributed by atoms with E-state index in [1.807, 2.05) is 36.5 Å². The van der Waals surface area contributed by atoms with Crippen molar-refractivity contribution >= 4 is 0 Å². The standard InChI is InChI=1S/C12H16/c1-3-5-7-9-11-12-10-8-6-4-2/h3-4,7-12H,1-2,5-6H2/b9-7+,10-8?,12-11+. The Morgan fingerprint density at radius 3 is 1.42 bits per heavy atom. The summed E-state index contributed by atoms with van der Waals surface area (Å²) in [5.74, 6) is 0. The quantitative estimate of drug-likeness (QED) is 0.409. The highest BCUT2D eigenvalue weighted by molar-refractivity contribution is 5.12. The zero-order valence-electron chi connectivity index (χ0n) is 7.45. The molecule has 0 radical (unpaired) electrons. The fourth-order valence-corrected chi connectivity index (χ4v) is 0.635. The smallest absolute Gasteiger partial charge is 0.0169 e. The lowest BCUT2D eigenvalue weighted by atomic mass is 10.3. The summed E-state index contributed by atoms with van der Waals surface area (Å²) >= 11 is 0. The molecule has 0 unspecified atom stereocenters. The summed E-state index contributed by atoms with van der Waals surface area (Å²) in [4.78, 5) is 0. The Morgan fingerprint density at radius 1 is 0.667 bits per heavy atom. The van der Waals surface area contributed by atoms with E-state index in [9.17, 15) is 0 Å². The molecular formula is C12H16. The average Bonchev–Trinajstić information content (AvgIpc) is 2.10. The minimum atomic E-state index is 0.931. The topological polar surface area (TPSA) is 0 Å². The molecule has 0 atom stereocenters. The number of rotatable bonds is 6. The first-order chi connectivity index (χ1) is 5.91. The van der Waals surface area contributed by atoms with Crippen LogP contribution in [-0.2, 0) is 0 Å². The maximum Gasteiger partial charge on any atom is -0.0169 e. The molecule has 12 heavy (non-hydrogen) atoms. The summed E-state index contributed by atoms with van der Waals surface area (Å²) in [6, 6.07) is 0. The van der Waals surface area contributed by atoms with E-state index in [4.69, 9.17) is 0 Å². The average molecular weight is 160 g/mol. The Labute approximate surface area is 75.3 Å². The van der Waals surface area contributed by atoms with Crippen LogP contribution in [0.25, 0.3) is 0 Å². The summed E-state index contributed by atoms with van der Waals surface area (Å²) in [5, 5.41) is 0. The summed E-state index contributed by atoms with van der Waals surface area (Å²) < 4.78 is 0. The molecule has 0 aliphatic carbocycles. The van der Waals surface area contributed by atoms with Crippen molar-refractivity contribution in [3.63, 3.8) is 0 Å². The third kappa shape index (κ3) is 8.70. The molecule has 0 nitrogen and oxygen atoms in total. The Bertz CT molecular complexity index is 170. The third-order valence-corrected chi connectivity index (χ3v) is 1.21. The van der Waals surface area contributed by atoms with E-state index < -0.39 is 0 Å². The van der Waals surface area contributed by atoms with Gasteiger partial charge in [0.1, 0.15) is 0 Å². The van der Waals surface area contributed by atoms with Crippen LogP contribution in [0.5, 0.6) is 0 Å². The number of hydrogen-bond donors (Lipinski definition) is 0. The molecule has 0 amide bonds. The van der Waals surface area contributed by atoms with E-state index in [1.165, 1.54) is 0 Å². The van der Waals surface area contributed by atoms with Gasteiger partial charge in [-0.1, -0.05) is 48.6 Å². The van der Waals surface area contributed by atoms with Crippen LogP contribution in [-0.4, -0.2) is 0 Å². The van der Waals surface area contributed by atoms with Gasteiger partial charge in [-0.25, -0.2) is 0 Å². The van der Waals surface area contributed by atoms with Crippen molar-refractivity contribution in [3.05, 3.63) is 61.8 Å². The first kappa shape index (κ1) is 10.7. The Hall–Kier alpha value is -1.30. The minimum Gasteiger partial charge on any atom is -0.103 e. The predicted molar refractivity (Wildman–Crippen MR) is 57.0 cm³/mol. The molecule has 0 fully saturated rings. The second-order valence-electron chi connectivity index (χ2n) is 2.29. The van der Waals surface area contributed by atoms with Crippen LogP contribution in [0.4, 0.5) is 0 Å². The van der Waals surface area contributed by atoms with E-state index in [1.54, 1.807) is 0 Å². The summed E-state index contributed by atoms with van der Waals surface area (Å²) in [5.41, 5.74) is 0. The van der Waals surface area contributed by atoms with E-state index in [-0.39, 0.29) is 0 Å². The van der Waals surface area contributed by atoms with Gasteiger partial charge in [0.25, 0.3) is 0 Å². The van der Waals surface area contributed by atoms with E-state index >= 15 is 0 Å². The molecule has 0 heterocycles. The molecule has 64 valence electrons. The van der Waals surface area contributed by atoms with E-state index in [2.05, 4.69) is 25.3 Å². The van der Waals surface area contributed by atoms with Gasteiger partial charge in [0.05, 0.1) is 0 Å². The maximum atomic E-state index is 3.62. The van der Waals surface area contributed by atoms with Crippen LogP contribution in [0.2, 0.25) is 0 Å². The zero-order chi connectivity index (χ0) is 9.07. The first-order valence-corrected chi connectivity index (χ1v) is 4.12. The van der Waals surface area contributed by atoms with Gasteiger partial charge in [-0.05, 0) is 12.8 Å². The summed E-state index contributed by atoms with van der Waals surface area (Å²) in [7, 11) is 0. The highest BCUT2D eigenvalue weighted by Gasteiger charge is 1.65. The molecule has 0 saturated heterocycles. The van der Waals surface area contributed by atoms with Gasteiger partial charge >= 0.3 is 0 Å². The van der Waals surface area contributed by atoms with Crippen molar-refractivity contribution < 1.29 is 0 Å². The van der Waals surface area contributed by atoms with Crippen molar-refractivity contribution in [1.29, 1.82) is 0 Å². The van der Waals surface area contributed by atoms with Crippen molar-refractivity contribution in [2.45, 2.75) is 12.8 Å². The second kappa shape index (κ2) is 9.70. The SMILES string of the molecule is C=CCC=C/C=C/C=C/CC=C. The van der Waals surface area contributed by atoms with Gasteiger partial charge in [-0.15, -0.1) is 13.2 Å². The Balaban J connectivity index is 3.47. The molecule has 0 heteroatoms. The summed E-state index contributed by atoms with van der Waals surface area (Å²) in [6.07, 6.45) is 17.8. The fourth-order valence-electron chi connectivity index (χ4n) is 0.635. The lowest BCUT2D eigenvalue weighted by Gasteiger charge is -1.77. The van der Waals surface area contributed by atoms with Crippen LogP contribution in [0.1, 0.15) is 12.8 Å². The molecular weight excluding hydrogens is 144 g/mol. The lowest BCUT2D eigenvalue weighted by molar-refractivity contribution is 1.40. The van der Waals surface area contributed by atoms with Crippen LogP contribution in [0.15, 0.2) is 61.8 Å². The molecule has 0 rings (SSSR count). The monoisotopic (exact) mass is 160 g/mol. The molecule has 0 N–H and O–H groups in total. The first-order valence-electron chi connectivity index (χ1n) is 4.12. The van der Waals surface area contributed by atoms with E-state index in [0.29, 0.717) is 0 Å². The van der Waals surface area contributed by atoms with Gasteiger partial charge in [-0.3, -0.25) is 0 Å². The van der Waals surface area contributed by atoms with Crippen molar-refractivity contribution in [3.8, 4) is 0 Å². The third-order valence-electron chi connectivity index (χ3n) is 1.21. The van der Waals surface area contributed by atoms with Gasteiger partial charge in [-0.2, -0.15) is 0 Å². The Kier molecular flexibility index (Phi) is 8.65. The molecule has 0 aromatic rings. The predicted octanol–water partition coefficient (Wildman–Crippen LogP) is 3.81. The van der Waals surface area contributed by atoms with Crippen LogP contribution >= 0.6 is 0 Å². The van der Waals surface area contributed by atoms with Gasteiger partial charge < -0.3 is 0 Å². The van der Waals surface area contributed by atoms with Crippen molar-refractivity contribution in [1.82, 2.24) is 0 Å². The zero-order valence-corrected chi connectivity index (χ0v) is 7.45. The number of hydrogen-bond acceptors (Lipinski definition) is 0. The summed E-state index contributed by atoms with van der Waals surface area (Å²) in [6.45, 7) is 7.24. The highest BCUT2D eigenvalue weighted by Crippen LogP contribution is 1.87. The molecule has 0 spiro atoms. The molecule has 0 bridgehead atoms. The van der Waals surface area contributed by atoms with Crippen molar-refractivity contribution in [2.24, 2.45) is 0 Å². The number of allylic oxidation sites excluding steroid dienone is 8. The normalized spacial score (nSPS) is 11.7. The largest absolute Gasteiger partial charge is 0.103 e. The van der Waals surface area contributed by atoms with Crippen molar-refractivity contribution in [2.75, 3.05) is 0 Å². The minimum absolute atomic E-state index is 0.931. The highest BCUT2D eigenvalue weighted by atomic mass is 13.7. The van der Waals surface area contributed by atoms with Crippen LogP contribution in [0.3, 0.4) is 0 Å². The molecule has 0 aliphatic rings. The van der Waals surface area contributed by atoms with Crippen LogP contribution < -0.4 is 0 Å². The van der Waals surface area contributed by atoms with Gasteiger partial charge in [0, 0.05) is 0 Å². The molecule has 0 aromatic carbocycles. The molecule has 0 aromatic heterocycles. The maximum absolute atomic E-state index is 3.62. The van der Waals surface area contributed by atoms with Gasteiger partial charge in [0.2, 0.25) is 0 Å². The van der Waals surface area contributed by atoms with Gasteiger partial charge in [0.15, 0.2) is 0 Å². The second-order valence-corrected chi connectivity index (χ2v) is 2.29. The molecule has 0 aliphatic heterocycles. The van der Waals surface area contributed by atoms with E-state index in [0.717, 1.165) is 12.8 Å². The molecule has 0 saturated carbocycles. The van der Waals surface area contributed by atoms with Crippen LogP contribution in [0, 0.1) is 0 Å². The fraction of sp³-hybridized carbons (Fsp3) is 0.167.